The van der Waals surface area contributed by atoms with Gasteiger partial charge in [-0.25, -0.2) is 0 Å². The zero-order valence-corrected chi connectivity index (χ0v) is 9.21. The molecular weight excluding hydrogens is 216 g/mol. The molecule has 1 rings (SSSR count). The van der Waals surface area contributed by atoms with Gasteiger partial charge in [-0.2, -0.15) is 8.78 Å². The Morgan fingerprint density at radius 3 is 2.31 bits per heavy atom. The molecule has 0 aliphatic heterocycles. The zero-order chi connectivity index (χ0) is 12.2. The minimum absolute atomic E-state index is 0.115. The first kappa shape index (κ1) is 12.7. The molecule has 0 aliphatic carbocycles. The van der Waals surface area contributed by atoms with E-state index in [1.807, 2.05) is 0 Å². The number of hydrogen-bond acceptors (Lipinski definition) is 3. The molecule has 90 valence electrons. The van der Waals surface area contributed by atoms with Gasteiger partial charge in [0.25, 0.3) is 0 Å². The van der Waals surface area contributed by atoms with E-state index < -0.39 is 12.2 Å². The van der Waals surface area contributed by atoms with Gasteiger partial charge >= 0.3 is 6.61 Å². The summed E-state index contributed by atoms with van der Waals surface area (Å²) in [6.07, 6.45) is 0. The number of rotatable bonds is 5. The maximum absolute atomic E-state index is 11.9. The van der Waals surface area contributed by atoms with Gasteiger partial charge in [0.1, 0.15) is 5.75 Å². The first-order valence-corrected chi connectivity index (χ1v) is 4.88. The molecule has 0 heterocycles. The fourth-order valence-electron chi connectivity index (χ4n) is 1.07. The average Bonchev–Trinajstić information content (AvgIpc) is 2.14. The second-order valence-corrected chi connectivity index (χ2v) is 4.07. The number of anilines is 1. The van der Waals surface area contributed by atoms with Crippen LogP contribution in [0.4, 0.5) is 14.5 Å². The lowest BCUT2D eigenvalue weighted by Gasteiger charge is -2.18. The molecule has 0 bridgehead atoms. The van der Waals surface area contributed by atoms with E-state index in [1.54, 1.807) is 26.0 Å². The molecule has 0 atom stereocenters. The average molecular weight is 231 g/mol. The van der Waals surface area contributed by atoms with Gasteiger partial charge in [-0.3, -0.25) is 0 Å². The van der Waals surface area contributed by atoms with Crippen LogP contribution in [-0.4, -0.2) is 23.9 Å². The van der Waals surface area contributed by atoms with Gasteiger partial charge in [-0.1, -0.05) is 0 Å². The Morgan fingerprint density at radius 2 is 1.88 bits per heavy atom. The Kier molecular flexibility index (Phi) is 4.06. The van der Waals surface area contributed by atoms with Crippen LogP contribution >= 0.6 is 0 Å². The second kappa shape index (κ2) is 5.12. The molecule has 0 amide bonds. The van der Waals surface area contributed by atoms with E-state index in [9.17, 15) is 13.9 Å². The molecule has 3 nitrogen and oxygen atoms in total. The van der Waals surface area contributed by atoms with Gasteiger partial charge in [0.05, 0.1) is 5.60 Å². The molecule has 0 spiro atoms. The van der Waals surface area contributed by atoms with Crippen LogP contribution < -0.4 is 10.1 Å². The van der Waals surface area contributed by atoms with Gasteiger partial charge in [-0.15, -0.1) is 0 Å². The SMILES string of the molecule is CC(C)(O)CNc1ccc(OC(F)F)cc1. The third kappa shape index (κ3) is 4.93. The summed E-state index contributed by atoms with van der Waals surface area (Å²) < 4.78 is 27.9. The summed E-state index contributed by atoms with van der Waals surface area (Å²) in [5, 5.41) is 12.4. The van der Waals surface area contributed by atoms with E-state index in [0.717, 1.165) is 5.69 Å². The van der Waals surface area contributed by atoms with Crippen molar-refractivity contribution in [3.8, 4) is 5.75 Å². The number of aliphatic hydroxyl groups is 1. The standard InChI is InChI=1S/C11H15F2NO2/c1-11(2,15)7-14-8-3-5-9(6-4-8)16-10(12)13/h3-6,10,14-15H,7H2,1-2H3. The van der Waals surface area contributed by atoms with Crippen LogP contribution in [0.3, 0.4) is 0 Å². The van der Waals surface area contributed by atoms with E-state index in [-0.39, 0.29) is 5.75 Å². The molecule has 1 aromatic rings. The van der Waals surface area contributed by atoms with Gasteiger partial charge in [-0.05, 0) is 38.1 Å². The molecule has 0 saturated carbocycles. The Morgan fingerprint density at radius 1 is 1.31 bits per heavy atom. The highest BCUT2D eigenvalue weighted by atomic mass is 19.3. The maximum Gasteiger partial charge on any atom is 0.387 e. The Bertz CT molecular complexity index is 320. The lowest BCUT2D eigenvalue weighted by atomic mass is 10.1. The molecule has 2 N–H and O–H groups in total. The summed E-state index contributed by atoms with van der Waals surface area (Å²) in [6.45, 7) is 0.917. The van der Waals surface area contributed by atoms with Crippen LogP contribution in [-0.2, 0) is 0 Å². The molecule has 1 aromatic carbocycles. The lowest BCUT2D eigenvalue weighted by molar-refractivity contribution is -0.0498. The molecule has 0 aliphatic rings. The van der Waals surface area contributed by atoms with Crippen molar-refractivity contribution < 1.29 is 18.6 Å². The number of halogens is 2. The van der Waals surface area contributed by atoms with Crippen molar-refractivity contribution in [2.45, 2.75) is 26.1 Å². The molecular formula is C11H15F2NO2. The summed E-state index contributed by atoms with van der Waals surface area (Å²) in [6, 6.07) is 6.12. The lowest BCUT2D eigenvalue weighted by Crippen LogP contribution is -2.29. The first-order valence-electron chi connectivity index (χ1n) is 4.88. The number of alkyl halides is 2. The monoisotopic (exact) mass is 231 g/mol. The van der Waals surface area contributed by atoms with Crippen molar-refractivity contribution in [3.63, 3.8) is 0 Å². The molecule has 16 heavy (non-hydrogen) atoms. The minimum Gasteiger partial charge on any atom is -0.435 e. The highest BCUT2D eigenvalue weighted by Crippen LogP contribution is 2.18. The largest absolute Gasteiger partial charge is 0.435 e. The summed E-state index contributed by atoms with van der Waals surface area (Å²) >= 11 is 0. The smallest absolute Gasteiger partial charge is 0.387 e. The van der Waals surface area contributed by atoms with Crippen LogP contribution in [0.5, 0.6) is 5.75 Å². The van der Waals surface area contributed by atoms with Crippen LogP contribution in [0.2, 0.25) is 0 Å². The van der Waals surface area contributed by atoms with Crippen molar-refractivity contribution in [1.29, 1.82) is 0 Å². The minimum atomic E-state index is -2.81. The molecule has 0 unspecified atom stereocenters. The highest BCUT2D eigenvalue weighted by Gasteiger charge is 2.11. The Hall–Kier alpha value is -1.36. The van der Waals surface area contributed by atoms with Gasteiger partial charge in [0, 0.05) is 12.2 Å². The van der Waals surface area contributed by atoms with Crippen LogP contribution in [0, 0.1) is 0 Å². The van der Waals surface area contributed by atoms with Crippen LogP contribution in [0.1, 0.15) is 13.8 Å². The van der Waals surface area contributed by atoms with E-state index in [1.165, 1.54) is 12.1 Å². The van der Waals surface area contributed by atoms with Crippen molar-refractivity contribution in [2.75, 3.05) is 11.9 Å². The van der Waals surface area contributed by atoms with Gasteiger partial charge < -0.3 is 15.2 Å². The predicted molar refractivity (Wildman–Crippen MR) is 57.9 cm³/mol. The molecule has 0 aromatic heterocycles. The topological polar surface area (TPSA) is 41.5 Å². The Balaban J connectivity index is 2.51. The van der Waals surface area contributed by atoms with E-state index in [2.05, 4.69) is 10.1 Å². The molecule has 0 fully saturated rings. The number of nitrogens with one attached hydrogen (secondary N) is 1. The zero-order valence-electron chi connectivity index (χ0n) is 9.21. The second-order valence-electron chi connectivity index (χ2n) is 4.07. The summed E-state index contributed by atoms with van der Waals surface area (Å²) in [7, 11) is 0. The predicted octanol–water partition coefficient (Wildman–Crippen LogP) is 2.47. The van der Waals surface area contributed by atoms with E-state index in [0.29, 0.717) is 6.54 Å². The maximum atomic E-state index is 11.9. The van der Waals surface area contributed by atoms with Crippen molar-refractivity contribution in [2.24, 2.45) is 0 Å². The quantitative estimate of drug-likeness (QED) is 0.818. The fraction of sp³-hybridized carbons (Fsp3) is 0.455. The highest BCUT2D eigenvalue weighted by molar-refractivity contribution is 5.46. The molecule has 5 heteroatoms. The first-order chi connectivity index (χ1) is 7.37. The van der Waals surface area contributed by atoms with Crippen molar-refractivity contribution in [3.05, 3.63) is 24.3 Å². The van der Waals surface area contributed by atoms with E-state index >= 15 is 0 Å². The summed E-state index contributed by atoms with van der Waals surface area (Å²) in [4.78, 5) is 0. The normalized spacial score (nSPS) is 11.6. The molecule has 0 saturated heterocycles. The number of benzene rings is 1. The van der Waals surface area contributed by atoms with E-state index in [4.69, 9.17) is 0 Å². The summed E-state index contributed by atoms with van der Waals surface area (Å²) in [5.41, 5.74) is -0.0817. The van der Waals surface area contributed by atoms with Crippen molar-refractivity contribution in [1.82, 2.24) is 0 Å². The number of hydrogen-bond donors (Lipinski definition) is 2. The Labute approximate surface area is 93.0 Å². The van der Waals surface area contributed by atoms with Crippen molar-refractivity contribution >= 4 is 5.69 Å². The third-order valence-corrected chi connectivity index (χ3v) is 1.80. The van der Waals surface area contributed by atoms with Crippen LogP contribution in [0.15, 0.2) is 24.3 Å². The van der Waals surface area contributed by atoms with Crippen LogP contribution in [0.25, 0.3) is 0 Å². The third-order valence-electron chi connectivity index (χ3n) is 1.80. The number of ether oxygens (including phenoxy) is 1. The molecule has 0 radical (unpaired) electrons. The van der Waals surface area contributed by atoms with Gasteiger partial charge in [0.15, 0.2) is 0 Å². The van der Waals surface area contributed by atoms with Gasteiger partial charge in [0.2, 0.25) is 0 Å². The summed E-state index contributed by atoms with van der Waals surface area (Å²) in [5.74, 6) is 0.115. The fourth-order valence-corrected chi connectivity index (χ4v) is 1.07.